The largest absolute Gasteiger partial charge is 0.399 e. The molecular weight excluding hydrogens is 332 g/mol. The minimum atomic E-state index is 0.189. The molecule has 0 bridgehead atoms. The number of nitrogens with two attached hydrogens (primary N) is 1. The van der Waals surface area contributed by atoms with Crippen LogP contribution in [0.25, 0.3) is 10.2 Å². The Morgan fingerprint density at radius 1 is 1.08 bits per heavy atom. The normalized spacial score (nSPS) is 12.0. The summed E-state index contributed by atoms with van der Waals surface area (Å²) >= 11 is 3.54. The van der Waals surface area contributed by atoms with E-state index in [1.165, 1.54) is 22.3 Å². The number of nitrogens with zero attached hydrogens (tertiary/aromatic N) is 1. The van der Waals surface area contributed by atoms with Gasteiger partial charge in [0.25, 0.3) is 0 Å². The predicted octanol–water partition coefficient (Wildman–Crippen LogP) is 6.09. The Kier molecular flexibility index (Phi) is 4.63. The molecule has 0 unspecified atom stereocenters. The fourth-order valence-electron chi connectivity index (χ4n) is 2.77. The Balaban J connectivity index is 1.83. The molecule has 0 aliphatic rings. The number of hydrogen-bond acceptors (Lipinski definition) is 4. The summed E-state index contributed by atoms with van der Waals surface area (Å²) in [5.74, 6) is 0.956. The lowest BCUT2D eigenvalue weighted by molar-refractivity contribution is 0.589. The fraction of sp³-hybridized carbons (Fsp3) is 0.350. The van der Waals surface area contributed by atoms with Gasteiger partial charge in [0, 0.05) is 11.4 Å². The standard InChI is InChI=1S/C20H24N2S2/c1-12-8-14(20(3,4)5)9-13(2)16(12)11-23-19-22-17-7-6-15(21)10-18(17)24-19/h6-10H,11,21H2,1-5H3. The van der Waals surface area contributed by atoms with Gasteiger partial charge in [-0.15, -0.1) is 11.3 Å². The van der Waals surface area contributed by atoms with E-state index in [9.17, 15) is 0 Å². The third-order valence-corrected chi connectivity index (χ3v) is 6.48. The number of thioether (sulfide) groups is 1. The SMILES string of the molecule is Cc1cc(C(C)(C)C)cc(C)c1CSc1nc2ccc(N)cc2s1. The van der Waals surface area contributed by atoms with Crippen molar-refractivity contribution in [1.82, 2.24) is 4.98 Å². The second-order valence-electron chi connectivity index (χ2n) is 7.33. The maximum absolute atomic E-state index is 5.86. The van der Waals surface area contributed by atoms with Gasteiger partial charge in [-0.1, -0.05) is 44.7 Å². The maximum Gasteiger partial charge on any atom is 0.151 e. The molecule has 1 heterocycles. The van der Waals surface area contributed by atoms with Crippen molar-refractivity contribution in [2.24, 2.45) is 0 Å². The molecule has 0 saturated carbocycles. The quantitative estimate of drug-likeness (QED) is 0.456. The summed E-state index contributed by atoms with van der Waals surface area (Å²) < 4.78 is 2.27. The molecule has 0 aliphatic heterocycles. The summed E-state index contributed by atoms with van der Waals surface area (Å²) in [4.78, 5) is 4.71. The Labute approximate surface area is 152 Å². The maximum atomic E-state index is 5.86. The van der Waals surface area contributed by atoms with Gasteiger partial charge in [0.2, 0.25) is 0 Å². The van der Waals surface area contributed by atoms with E-state index in [1.807, 2.05) is 30.0 Å². The van der Waals surface area contributed by atoms with Crippen LogP contribution in [0.4, 0.5) is 5.69 Å². The van der Waals surface area contributed by atoms with Gasteiger partial charge < -0.3 is 5.73 Å². The van der Waals surface area contributed by atoms with Crippen molar-refractivity contribution in [3.05, 3.63) is 52.6 Å². The number of anilines is 1. The van der Waals surface area contributed by atoms with Crippen molar-refractivity contribution in [3.8, 4) is 0 Å². The van der Waals surface area contributed by atoms with E-state index in [0.29, 0.717) is 0 Å². The minimum absolute atomic E-state index is 0.189. The van der Waals surface area contributed by atoms with Crippen molar-refractivity contribution in [2.75, 3.05) is 5.73 Å². The third-order valence-electron chi connectivity index (χ3n) is 4.29. The molecule has 2 nitrogen and oxygen atoms in total. The molecule has 0 fully saturated rings. The van der Waals surface area contributed by atoms with Crippen LogP contribution in [0.1, 0.15) is 43.0 Å². The Bertz CT molecular complexity index is 865. The van der Waals surface area contributed by atoms with Crippen LogP contribution in [0, 0.1) is 13.8 Å². The topological polar surface area (TPSA) is 38.9 Å². The summed E-state index contributed by atoms with van der Waals surface area (Å²) in [7, 11) is 0. The molecule has 3 rings (SSSR count). The van der Waals surface area contributed by atoms with E-state index in [2.05, 4.69) is 46.8 Å². The highest BCUT2D eigenvalue weighted by molar-refractivity contribution is 8.00. The van der Waals surface area contributed by atoms with Crippen LogP contribution in [-0.4, -0.2) is 4.98 Å². The predicted molar refractivity (Wildman–Crippen MR) is 108 cm³/mol. The monoisotopic (exact) mass is 356 g/mol. The van der Waals surface area contributed by atoms with Crippen molar-refractivity contribution in [1.29, 1.82) is 0 Å². The zero-order valence-electron chi connectivity index (χ0n) is 14.9. The highest BCUT2D eigenvalue weighted by Gasteiger charge is 2.16. The summed E-state index contributed by atoms with van der Waals surface area (Å²) in [6, 6.07) is 10.6. The second-order valence-corrected chi connectivity index (χ2v) is 9.59. The Hall–Kier alpha value is -1.52. The van der Waals surface area contributed by atoms with Crippen LogP contribution in [0.5, 0.6) is 0 Å². The lowest BCUT2D eigenvalue weighted by atomic mass is 9.84. The Morgan fingerprint density at radius 2 is 1.75 bits per heavy atom. The van der Waals surface area contributed by atoms with Crippen molar-refractivity contribution in [3.63, 3.8) is 0 Å². The highest BCUT2D eigenvalue weighted by Crippen LogP contribution is 2.35. The minimum Gasteiger partial charge on any atom is -0.399 e. The molecule has 0 aliphatic carbocycles. The molecular formula is C20H24N2S2. The van der Waals surface area contributed by atoms with E-state index in [0.717, 1.165) is 26.0 Å². The molecule has 4 heteroatoms. The molecule has 1 aromatic heterocycles. The average Bonchev–Trinajstić information content (AvgIpc) is 2.87. The lowest BCUT2D eigenvalue weighted by Crippen LogP contribution is -2.12. The van der Waals surface area contributed by atoms with Gasteiger partial charge in [-0.05, 0) is 59.7 Å². The van der Waals surface area contributed by atoms with Gasteiger partial charge in [-0.2, -0.15) is 0 Å². The first-order valence-corrected chi connectivity index (χ1v) is 9.94. The van der Waals surface area contributed by atoms with E-state index in [-0.39, 0.29) is 5.41 Å². The number of fused-ring (bicyclic) bond motifs is 1. The molecule has 0 spiro atoms. The van der Waals surface area contributed by atoms with Gasteiger partial charge in [0.15, 0.2) is 4.34 Å². The Morgan fingerprint density at radius 3 is 2.38 bits per heavy atom. The first-order chi connectivity index (χ1) is 11.2. The highest BCUT2D eigenvalue weighted by atomic mass is 32.2. The van der Waals surface area contributed by atoms with E-state index >= 15 is 0 Å². The summed E-state index contributed by atoms with van der Waals surface area (Å²) in [6.07, 6.45) is 0. The molecule has 2 aromatic carbocycles. The number of aromatic nitrogens is 1. The van der Waals surface area contributed by atoms with Crippen LogP contribution in [0.2, 0.25) is 0 Å². The third kappa shape index (κ3) is 3.60. The van der Waals surface area contributed by atoms with Gasteiger partial charge in [-0.25, -0.2) is 4.98 Å². The number of nitrogen functional groups attached to an aromatic ring is 1. The summed E-state index contributed by atoms with van der Waals surface area (Å²) in [5, 5.41) is 0. The summed E-state index contributed by atoms with van der Waals surface area (Å²) in [6.45, 7) is 11.2. The molecule has 0 atom stereocenters. The van der Waals surface area contributed by atoms with Crippen molar-refractivity contribution in [2.45, 2.75) is 50.1 Å². The first-order valence-electron chi connectivity index (χ1n) is 8.13. The van der Waals surface area contributed by atoms with Crippen molar-refractivity contribution < 1.29 is 0 Å². The number of hydrogen-bond donors (Lipinski definition) is 1. The van der Waals surface area contributed by atoms with Crippen LogP contribution in [0.3, 0.4) is 0 Å². The number of aryl methyl sites for hydroxylation is 2. The van der Waals surface area contributed by atoms with Gasteiger partial charge in [-0.3, -0.25) is 0 Å². The fourth-order valence-corrected chi connectivity index (χ4v) is 5.08. The number of benzene rings is 2. The summed E-state index contributed by atoms with van der Waals surface area (Å²) in [5.41, 5.74) is 13.5. The molecule has 0 amide bonds. The van der Waals surface area contributed by atoms with E-state index in [4.69, 9.17) is 10.7 Å². The van der Waals surface area contributed by atoms with E-state index in [1.54, 1.807) is 11.3 Å². The van der Waals surface area contributed by atoms with Crippen LogP contribution in [-0.2, 0) is 11.2 Å². The second kappa shape index (κ2) is 6.41. The number of rotatable bonds is 3. The smallest absolute Gasteiger partial charge is 0.151 e. The van der Waals surface area contributed by atoms with Crippen molar-refractivity contribution >= 4 is 39.0 Å². The van der Waals surface area contributed by atoms with Gasteiger partial charge >= 0.3 is 0 Å². The molecule has 126 valence electrons. The van der Waals surface area contributed by atoms with Gasteiger partial charge in [0.1, 0.15) is 0 Å². The molecule has 0 saturated heterocycles. The zero-order chi connectivity index (χ0) is 17.5. The first kappa shape index (κ1) is 17.3. The molecule has 0 radical (unpaired) electrons. The lowest BCUT2D eigenvalue weighted by Gasteiger charge is -2.22. The molecule has 24 heavy (non-hydrogen) atoms. The van der Waals surface area contributed by atoms with Crippen LogP contribution in [0.15, 0.2) is 34.7 Å². The van der Waals surface area contributed by atoms with Crippen LogP contribution < -0.4 is 5.73 Å². The van der Waals surface area contributed by atoms with Gasteiger partial charge in [0.05, 0.1) is 10.2 Å². The molecule has 2 N–H and O–H groups in total. The van der Waals surface area contributed by atoms with Crippen LogP contribution >= 0.6 is 23.1 Å². The molecule has 3 aromatic rings. The average molecular weight is 357 g/mol. The number of thiazole rings is 1. The zero-order valence-corrected chi connectivity index (χ0v) is 16.6. The van der Waals surface area contributed by atoms with E-state index < -0.39 is 0 Å².